The van der Waals surface area contributed by atoms with Crippen LogP contribution in [0.1, 0.15) is 42.9 Å². The number of aromatic nitrogens is 1. The summed E-state index contributed by atoms with van der Waals surface area (Å²) in [5.74, 6) is -0.335. The molecule has 0 radical (unpaired) electrons. The lowest BCUT2D eigenvalue weighted by atomic mass is 9.81. The molecule has 2 aromatic carbocycles. The summed E-state index contributed by atoms with van der Waals surface area (Å²) in [4.78, 5) is 18.7. The lowest BCUT2D eigenvalue weighted by Crippen LogP contribution is -2.44. The monoisotopic (exact) mass is 534 g/mol. The van der Waals surface area contributed by atoms with E-state index in [1.807, 2.05) is 30.3 Å². The number of hydrogen-bond acceptors (Lipinski definition) is 5. The number of aliphatic carboxylic acids is 1. The number of rotatable bonds is 10. The van der Waals surface area contributed by atoms with Crippen LogP contribution in [0.2, 0.25) is 0 Å². The summed E-state index contributed by atoms with van der Waals surface area (Å²) in [6, 6.07) is 17.9. The summed E-state index contributed by atoms with van der Waals surface area (Å²) in [6.45, 7) is 2.41. The van der Waals surface area contributed by atoms with Gasteiger partial charge in [0.15, 0.2) is 0 Å². The predicted octanol–water partition coefficient (Wildman–Crippen LogP) is 5.56. The van der Waals surface area contributed by atoms with Crippen LogP contribution >= 0.6 is 24.8 Å². The molecule has 1 aromatic heterocycles. The van der Waals surface area contributed by atoms with Crippen LogP contribution in [0.25, 0.3) is 10.9 Å². The fourth-order valence-electron chi connectivity index (χ4n) is 5.14. The van der Waals surface area contributed by atoms with Crippen LogP contribution in [0.3, 0.4) is 0 Å². The average molecular weight is 536 g/mol. The van der Waals surface area contributed by atoms with E-state index in [0.29, 0.717) is 19.4 Å². The topological polar surface area (TPSA) is 82.9 Å². The zero-order valence-corrected chi connectivity index (χ0v) is 22.2. The minimum absolute atomic E-state index is 0. The van der Waals surface area contributed by atoms with E-state index in [0.717, 1.165) is 54.6 Å². The molecule has 0 unspecified atom stereocenters. The molecule has 196 valence electrons. The van der Waals surface area contributed by atoms with E-state index in [1.54, 1.807) is 13.3 Å². The summed E-state index contributed by atoms with van der Waals surface area (Å²) >= 11 is 0. The smallest absolute Gasteiger partial charge is 0.308 e. The second-order valence-electron chi connectivity index (χ2n) is 9.26. The van der Waals surface area contributed by atoms with Gasteiger partial charge < -0.3 is 19.8 Å². The van der Waals surface area contributed by atoms with Gasteiger partial charge in [0.1, 0.15) is 5.75 Å². The third-order valence-electron chi connectivity index (χ3n) is 7.09. The van der Waals surface area contributed by atoms with Crippen LogP contribution in [-0.4, -0.2) is 52.8 Å². The zero-order valence-electron chi connectivity index (χ0n) is 20.6. The van der Waals surface area contributed by atoms with Crippen LogP contribution in [0, 0.1) is 11.8 Å². The van der Waals surface area contributed by atoms with Gasteiger partial charge in [0.2, 0.25) is 0 Å². The third-order valence-corrected chi connectivity index (χ3v) is 7.09. The van der Waals surface area contributed by atoms with Gasteiger partial charge in [0.05, 0.1) is 24.6 Å². The van der Waals surface area contributed by atoms with Gasteiger partial charge in [-0.2, -0.15) is 0 Å². The van der Waals surface area contributed by atoms with Crippen molar-refractivity contribution in [2.75, 3.05) is 26.7 Å². The van der Waals surface area contributed by atoms with E-state index >= 15 is 0 Å². The molecule has 0 amide bonds. The van der Waals surface area contributed by atoms with Crippen molar-refractivity contribution in [1.82, 2.24) is 9.88 Å². The van der Waals surface area contributed by atoms with Crippen LogP contribution in [0.5, 0.6) is 5.75 Å². The Morgan fingerprint density at radius 3 is 2.67 bits per heavy atom. The largest absolute Gasteiger partial charge is 0.497 e. The maximum Gasteiger partial charge on any atom is 0.308 e. The summed E-state index contributed by atoms with van der Waals surface area (Å²) in [5, 5.41) is 21.8. The van der Waals surface area contributed by atoms with Crippen molar-refractivity contribution in [3.8, 4) is 5.75 Å². The predicted molar refractivity (Wildman–Crippen MR) is 147 cm³/mol. The number of carbonyl (C=O) groups is 1. The molecule has 8 heteroatoms. The number of ether oxygens (including phenoxy) is 1. The van der Waals surface area contributed by atoms with E-state index < -0.39 is 18.0 Å². The molecule has 3 aromatic rings. The summed E-state index contributed by atoms with van der Waals surface area (Å²) in [5.41, 5.74) is 2.95. The summed E-state index contributed by atoms with van der Waals surface area (Å²) in [7, 11) is 1.62. The first-order chi connectivity index (χ1) is 16.5. The number of fused-ring (bicyclic) bond motifs is 1. The number of nitrogens with zero attached hydrogens (tertiary/aromatic N) is 2. The molecular weight excluding hydrogens is 499 g/mol. The molecule has 0 aliphatic carbocycles. The first-order valence-corrected chi connectivity index (χ1v) is 12.1. The second-order valence-corrected chi connectivity index (χ2v) is 9.26. The highest BCUT2D eigenvalue weighted by atomic mass is 35.5. The second kappa shape index (κ2) is 14.4. The minimum atomic E-state index is -0.730. The van der Waals surface area contributed by atoms with Gasteiger partial charge >= 0.3 is 5.97 Å². The molecule has 0 saturated carbocycles. The molecule has 36 heavy (non-hydrogen) atoms. The number of piperidine rings is 1. The normalized spacial score (nSPS) is 18.6. The third kappa shape index (κ3) is 7.56. The highest BCUT2D eigenvalue weighted by Gasteiger charge is 2.34. The first-order valence-electron chi connectivity index (χ1n) is 12.1. The molecule has 4 rings (SSSR count). The number of aryl methyl sites for hydroxylation is 1. The number of halogens is 2. The number of carboxylic acid groups (broad SMARTS) is 1. The van der Waals surface area contributed by atoms with Gasteiger partial charge in [-0.3, -0.25) is 9.78 Å². The van der Waals surface area contributed by atoms with E-state index in [4.69, 9.17) is 4.74 Å². The number of likely N-dealkylation sites (tertiary alicyclic amines) is 1. The Labute approximate surface area is 225 Å². The number of hydrogen-bond donors (Lipinski definition) is 2. The Bertz CT molecular complexity index is 1100. The molecule has 1 saturated heterocycles. The van der Waals surface area contributed by atoms with Crippen molar-refractivity contribution in [2.45, 2.75) is 38.2 Å². The number of aliphatic hydroxyl groups is 1. The van der Waals surface area contributed by atoms with Crippen molar-refractivity contribution >= 4 is 41.7 Å². The van der Waals surface area contributed by atoms with E-state index in [-0.39, 0.29) is 30.7 Å². The zero-order chi connectivity index (χ0) is 23.9. The van der Waals surface area contributed by atoms with Crippen molar-refractivity contribution in [3.05, 3.63) is 71.9 Å². The van der Waals surface area contributed by atoms with Crippen molar-refractivity contribution in [1.29, 1.82) is 0 Å². The molecule has 1 aliphatic heterocycles. The standard InChI is InChI=1S/C28H34N2O4.2ClH/c1-34-22-10-11-26-24(18-22)23(13-15-29-26)27(31)12-9-21-14-17-30(19-25(21)28(32)33)16-5-8-20-6-3-2-4-7-20;;/h2-4,6-7,10-11,13,15,18,21,25,27,31H,5,8-9,12,14,16-17,19H2,1H3,(H,32,33);2*1H/t21-,25+,27-;;/m1../s1. The molecule has 2 N–H and O–H groups in total. The van der Waals surface area contributed by atoms with Gasteiger partial charge in [0, 0.05) is 18.1 Å². The van der Waals surface area contributed by atoms with Gasteiger partial charge in [-0.1, -0.05) is 30.3 Å². The Morgan fingerprint density at radius 1 is 1.17 bits per heavy atom. The molecule has 6 nitrogen and oxygen atoms in total. The van der Waals surface area contributed by atoms with Crippen molar-refractivity contribution in [3.63, 3.8) is 0 Å². The Morgan fingerprint density at radius 2 is 1.94 bits per heavy atom. The quantitative estimate of drug-likeness (QED) is 0.354. The SMILES string of the molecule is COc1ccc2nccc([C@H](O)CC[C@@H]3CCN(CCCc4ccccc4)C[C@@H]3C(=O)O)c2c1.Cl.Cl. The first kappa shape index (κ1) is 29.8. The van der Waals surface area contributed by atoms with Crippen LogP contribution < -0.4 is 4.74 Å². The molecule has 0 bridgehead atoms. The van der Waals surface area contributed by atoms with Crippen LogP contribution in [0.15, 0.2) is 60.8 Å². The molecule has 0 spiro atoms. The molecule has 3 atom stereocenters. The minimum Gasteiger partial charge on any atom is -0.497 e. The number of aliphatic hydroxyl groups excluding tert-OH is 1. The van der Waals surface area contributed by atoms with Gasteiger partial charge in [-0.15, -0.1) is 24.8 Å². The van der Waals surface area contributed by atoms with Gasteiger partial charge in [-0.05, 0) is 86.5 Å². The Balaban J connectivity index is 0.00000228. The fourth-order valence-corrected chi connectivity index (χ4v) is 5.14. The van der Waals surface area contributed by atoms with E-state index in [1.165, 1.54) is 5.56 Å². The average Bonchev–Trinajstić information content (AvgIpc) is 2.87. The molecular formula is C28H36Cl2N2O4. The van der Waals surface area contributed by atoms with Crippen LogP contribution in [-0.2, 0) is 11.2 Å². The van der Waals surface area contributed by atoms with Gasteiger partial charge in [-0.25, -0.2) is 0 Å². The number of carboxylic acids is 1. The number of benzene rings is 2. The van der Waals surface area contributed by atoms with Crippen molar-refractivity contribution < 1.29 is 19.7 Å². The Hall–Kier alpha value is -2.38. The highest BCUT2D eigenvalue weighted by molar-refractivity contribution is 5.85. The van der Waals surface area contributed by atoms with E-state index in [2.05, 4.69) is 34.1 Å². The maximum absolute atomic E-state index is 12.1. The number of methoxy groups -OCH3 is 1. The van der Waals surface area contributed by atoms with Crippen LogP contribution in [0.4, 0.5) is 0 Å². The lowest BCUT2D eigenvalue weighted by molar-refractivity contribution is -0.146. The summed E-state index contributed by atoms with van der Waals surface area (Å²) < 4.78 is 5.34. The Kier molecular flexibility index (Phi) is 11.9. The highest BCUT2D eigenvalue weighted by Crippen LogP contribution is 2.33. The molecule has 1 fully saturated rings. The molecule has 1 aliphatic rings. The maximum atomic E-state index is 12.1. The van der Waals surface area contributed by atoms with Crippen molar-refractivity contribution in [2.24, 2.45) is 11.8 Å². The number of pyridine rings is 1. The van der Waals surface area contributed by atoms with Gasteiger partial charge in [0.25, 0.3) is 0 Å². The lowest BCUT2D eigenvalue weighted by Gasteiger charge is -2.37. The fraction of sp³-hybridized carbons (Fsp3) is 0.429. The van der Waals surface area contributed by atoms with E-state index in [9.17, 15) is 15.0 Å². The summed E-state index contributed by atoms with van der Waals surface area (Å²) in [6.07, 6.45) is 5.13. The molecule has 2 heterocycles.